The number of carbonyl (C=O) groups is 1. The second-order valence-electron chi connectivity index (χ2n) is 6.26. The van der Waals surface area contributed by atoms with Gasteiger partial charge in [0.1, 0.15) is 5.78 Å². The first-order chi connectivity index (χ1) is 9.99. The molecule has 114 valence electrons. The monoisotopic (exact) mass is 289 g/mol. The Labute approximate surface area is 125 Å². The predicted molar refractivity (Wildman–Crippen MR) is 82.1 cm³/mol. The van der Waals surface area contributed by atoms with Gasteiger partial charge in [-0.25, -0.2) is 0 Å². The van der Waals surface area contributed by atoms with Crippen molar-refractivity contribution in [1.82, 2.24) is 0 Å². The van der Waals surface area contributed by atoms with Crippen LogP contribution in [0.3, 0.4) is 0 Å². The number of rotatable bonds is 5. The summed E-state index contributed by atoms with van der Waals surface area (Å²) in [5, 5.41) is 11.0. The Morgan fingerprint density at radius 1 is 1.19 bits per heavy atom. The highest BCUT2D eigenvalue weighted by Crippen LogP contribution is 2.34. The van der Waals surface area contributed by atoms with Crippen LogP contribution >= 0.6 is 0 Å². The third-order valence-corrected chi connectivity index (χ3v) is 4.46. The summed E-state index contributed by atoms with van der Waals surface area (Å²) < 4.78 is 0. The van der Waals surface area contributed by atoms with E-state index in [-0.39, 0.29) is 29.1 Å². The van der Waals surface area contributed by atoms with Crippen molar-refractivity contribution in [2.24, 2.45) is 5.92 Å². The van der Waals surface area contributed by atoms with E-state index in [2.05, 4.69) is 13.8 Å². The van der Waals surface area contributed by atoms with Gasteiger partial charge in [-0.15, -0.1) is 0 Å². The first kappa shape index (κ1) is 15.7. The van der Waals surface area contributed by atoms with Gasteiger partial charge in [0.25, 0.3) is 0 Å². The molecule has 1 aliphatic rings. The molecule has 21 heavy (non-hydrogen) atoms. The van der Waals surface area contributed by atoms with Crippen molar-refractivity contribution in [1.29, 1.82) is 0 Å². The van der Waals surface area contributed by atoms with Crippen LogP contribution in [0.25, 0.3) is 0 Å². The predicted octanol–water partition coefficient (Wildman–Crippen LogP) is 3.93. The van der Waals surface area contributed by atoms with Crippen molar-refractivity contribution in [3.63, 3.8) is 0 Å². The number of Topliss-reactive ketones (excluding diaryl/α,β-unsaturated/α-hetero) is 1. The van der Waals surface area contributed by atoms with Crippen LogP contribution in [0.1, 0.15) is 62.5 Å². The van der Waals surface area contributed by atoms with Crippen molar-refractivity contribution in [2.45, 2.75) is 51.4 Å². The van der Waals surface area contributed by atoms with Crippen molar-refractivity contribution in [3.8, 4) is 0 Å². The zero-order chi connectivity index (χ0) is 15.4. The maximum atomic E-state index is 12.1. The summed E-state index contributed by atoms with van der Waals surface area (Å²) in [5.41, 5.74) is 2.14. The number of ketones is 1. The SMILES string of the molecule is CC(C)c1ccc([C@H](C[N+](=O)[O-])[C@@H]2CCCCC2=O)cc1. The van der Waals surface area contributed by atoms with Crippen LogP contribution in [0.15, 0.2) is 24.3 Å². The molecule has 2 atom stereocenters. The maximum Gasteiger partial charge on any atom is 0.211 e. The van der Waals surface area contributed by atoms with Gasteiger partial charge in [0.05, 0.1) is 5.92 Å². The molecule has 1 fully saturated rings. The summed E-state index contributed by atoms with van der Waals surface area (Å²) in [4.78, 5) is 22.9. The molecule has 0 bridgehead atoms. The number of nitro groups is 1. The quantitative estimate of drug-likeness (QED) is 0.609. The van der Waals surface area contributed by atoms with E-state index in [1.807, 2.05) is 24.3 Å². The summed E-state index contributed by atoms with van der Waals surface area (Å²) in [6, 6.07) is 7.98. The third kappa shape index (κ3) is 3.90. The van der Waals surface area contributed by atoms with E-state index >= 15 is 0 Å². The topological polar surface area (TPSA) is 60.2 Å². The van der Waals surface area contributed by atoms with Crippen molar-refractivity contribution >= 4 is 5.78 Å². The Morgan fingerprint density at radius 2 is 1.81 bits per heavy atom. The molecule has 0 N–H and O–H groups in total. The zero-order valence-electron chi connectivity index (χ0n) is 12.7. The summed E-state index contributed by atoms with van der Waals surface area (Å²) in [5.74, 6) is 0.161. The summed E-state index contributed by atoms with van der Waals surface area (Å²) in [7, 11) is 0. The van der Waals surface area contributed by atoms with Gasteiger partial charge in [-0.2, -0.15) is 0 Å². The number of hydrogen-bond donors (Lipinski definition) is 0. The van der Waals surface area contributed by atoms with Gasteiger partial charge in [0.15, 0.2) is 0 Å². The molecule has 0 amide bonds. The zero-order valence-corrected chi connectivity index (χ0v) is 12.7. The highest BCUT2D eigenvalue weighted by Gasteiger charge is 2.34. The standard InChI is InChI=1S/C17H23NO3/c1-12(2)13-7-9-14(10-8-13)16(11-18(20)21)15-5-3-4-6-17(15)19/h7-10,12,15-16H,3-6,11H2,1-2H3/t15-,16-/m0/s1. The van der Waals surface area contributed by atoms with Gasteiger partial charge in [-0.1, -0.05) is 44.5 Å². The maximum absolute atomic E-state index is 12.1. The molecule has 0 radical (unpaired) electrons. The number of benzene rings is 1. The summed E-state index contributed by atoms with van der Waals surface area (Å²) in [6.07, 6.45) is 3.27. The molecule has 1 aliphatic carbocycles. The number of hydrogen-bond acceptors (Lipinski definition) is 3. The fourth-order valence-corrected chi connectivity index (χ4v) is 3.19. The molecule has 1 saturated carbocycles. The van der Waals surface area contributed by atoms with Crippen LogP contribution in [-0.2, 0) is 4.79 Å². The van der Waals surface area contributed by atoms with E-state index < -0.39 is 0 Å². The molecule has 1 aromatic carbocycles. The van der Waals surface area contributed by atoms with Gasteiger partial charge in [-0.05, 0) is 29.9 Å². The van der Waals surface area contributed by atoms with Gasteiger partial charge in [0.2, 0.25) is 6.54 Å². The molecule has 0 saturated heterocycles. The normalized spacial score (nSPS) is 20.5. The molecule has 4 nitrogen and oxygen atoms in total. The molecule has 0 heterocycles. The van der Waals surface area contributed by atoms with Crippen molar-refractivity contribution in [3.05, 3.63) is 45.5 Å². The van der Waals surface area contributed by atoms with Crippen LogP contribution in [0.2, 0.25) is 0 Å². The highest BCUT2D eigenvalue weighted by atomic mass is 16.6. The van der Waals surface area contributed by atoms with Crippen LogP contribution < -0.4 is 0 Å². The third-order valence-electron chi connectivity index (χ3n) is 4.46. The lowest BCUT2D eigenvalue weighted by Gasteiger charge is -2.27. The van der Waals surface area contributed by atoms with E-state index in [9.17, 15) is 14.9 Å². The lowest BCUT2D eigenvalue weighted by molar-refractivity contribution is -0.484. The second-order valence-corrected chi connectivity index (χ2v) is 6.26. The van der Waals surface area contributed by atoms with E-state index in [0.29, 0.717) is 12.3 Å². The number of carbonyl (C=O) groups excluding carboxylic acids is 1. The summed E-state index contributed by atoms with van der Waals surface area (Å²) >= 11 is 0. The minimum Gasteiger partial charge on any atom is -0.299 e. The van der Waals surface area contributed by atoms with E-state index in [0.717, 1.165) is 24.8 Å². The van der Waals surface area contributed by atoms with Crippen molar-refractivity contribution < 1.29 is 9.72 Å². The molecule has 0 aliphatic heterocycles. The lowest BCUT2D eigenvalue weighted by Crippen LogP contribution is -2.30. The highest BCUT2D eigenvalue weighted by molar-refractivity contribution is 5.82. The molecule has 0 spiro atoms. The average Bonchev–Trinajstić information content (AvgIpc) is 2.45. The van der Waals surface area contributed by atoms with Crippen LogP contribution in [0.5, 0.6) is 0 Å². The first-order valence-corrected chi connectivity index (χ1v) is 7.73. The Hall–Kier alpha value is -1.71. The smallest absolute Gasteiger partial charge is 0.211 e. The molecule has 0 unspecified atom stereocenters. The fraction of sp³-hybridized carbons (Fsp3) is 0.588. The molecular formula is C17H23NO3. The molecule has 4 heteroatoms. The van der Waals surface area contributed by atoms with Gasteiger partial charge < -0.3 is 0 Å². The Kier molecular flexibility index (Phi) is 5.10. The largest absolute Gasteiger partial charge is 0.299 e. The minimum atomic E-state index is -0.289. The molecule has 2 rings (SSSR count). The number of nitrogens with zero attached hydrogens (tertiary/aromatic N) is 1. The lowest BCUT2D eigenvalue weighted by atomic mass is 9.75. The van der Waals surface area contributed by atoms with Gasteiger partial charge >= 0.3 is 0 Å². The first-order valence-electron chi connectivity index (χ1n) is 7.73. The van der Waals surface area contributed by atoms with Gasteiger partial charge in [0, 0.05) is 17.3 Å². The van der Waals surface area contributed by atoms with Crippen LogP contribution in [0, 0.1) is 16.0 Å². The Morgan fingerprint density at radius 3 is 2.33 bits per heavy atom. The molecule has 0 aromatic heterocycles. The Bertz CT molecular complexity index is 507. The molecule has 1 aromatic rings. The second kappa shape index (κ2) is 6.83. The Balaban J connectivity index is 2.26. The average molecular weight is 289 g/mol. The molecular weight excluding hydrogens is 266 g/mol. The van der Waals surface area contributed by atoms with Gasteiger partial charge in [-0.3, -0.25) is 14.9 Å². The minimum absolute atomic E-state index is 0.155. The van der Waals surface area contributed by atoms with E-state index in [1.54, 1.807) is 0 Å². The van der Waals surface area contributed by atoms with E-state index in [1.165, 1.54) is 5.56 Å². The van der Waals surface area contributed by atoms with E-state index in [4.69, 9.17) is 0 Å². The van der Waals surface area contributed by atoms with Crippen LogP contribution in [0.4, 0.5) is 0 Å². The fourth-order valence-electron chi connectivity index (χ4n) is 3.19. The van der Waals surface area contributed by atoms with Crippen LogP contribution in [-0.4, -0.2) is 17.3 Å². The van der Waals surface area contributed by atoms with Crippen molar-refractivity contribution in [2.75, 3.05) is 6.54 Å². The summed E-state index contributed by atoms with van der Waals surface area (Å²) in [6.45, 7) is 4.08.